The lowest BCUT2D eigenvalue weighted by molar-refractivity contribution is 0.351. The van der Waals surface area contributed by atoms with E-state index >= 15 is 0 Å². The first-order valence-corrected chi connectivity index (χ1v) is 6.59. The second-order valence-corrected chi connectivity index (χ2v) is 5.36. The van der Waals surface area contributed by atoms with Gasteiger partial charge in [0.25, 0.3) is 0 Å². The fraction of sp³-hybridized carbons (Fsp3) is 0.769. The summed E-state index contributed by atoms with van der Waals surface area (Å²) >= 11 is 0. The van der Waals surface area contributed by atoms with Gasteiger partial charge >= 0.3 is 0 Å². The lowest BCUT2D eigenvalue weighted by Gasteiger charge is -2.28. The molecule has 88 valence electrons. The van der Waals surface area contributed by atoms with Crippen LogP contribution in [-0.4, -0.2) is 21.6 Å². The maximum absolute atomic E-state index is 4.33. The van der Waals surface area contributed by atoms with E-state index in [2.05, 4.69) is 28.0 Å². The van der Waals surface area contributed by atoms with Gasteiger partial charge in [-0.25, -0.2) is 4.98 Å². The monoisotopic (exact) mass is 219 g/mol. The van der Waals surface area contributed by atoms with Crippen molar-refractivity contribution in [3.63, 3.8) is 0 Å². The maximum atomic E-state index is 4.33. The van der Waals surface area contributed by atoms with Crippen LogP contribution in [0.5, 0.6) is 0 Å². The summed E-state index contributed by atoms with van der Waals surface area (Å²) < 4.78 is 2.40. The van der Waals surface area contributed by atoms with Crippen LogP contribution in [0.3, 0.4) is 0 Å². The zero-order valence-corrected chi connectivity index (χ0v) is 10.1. The maximum Gasteiger partial charge on any atom is 0.0950 e. The van der Waals surface area contributed by atoms with Crippen molar-refractivity contribution in [3.05, 3.63) is 18.2 Å². The Morgan fingerprint density at radius 1 is 1.56 bits per heavy atom. The molecule has 2 heterocycles. The van der Waals surface area contributed by atoms with E-state index in [1.54, 1.807) is 0 Å². The Labute approximate surface area is 97.3 Å². The standard InChI is InChI=1S/C13H21N3/c1-2-13(6-3-7-15-13)8-12-9-14-10-16(12)11-4-5-11/h9-11,15H,2-8H2,1H3. The largest absolute Gasteiger partial charge is 0.331 e. The molecule has 3 heteroatoms. The van der Waals surface area contributed by atoms with Crippen LogP contribution in [0.4, 0.5) is 0 Å². The quantitative estimate of drug-likeness (QED) is 0.842. The fourth-order valence-electron chi connectivity index (χ4n) is 2.94. The van der Waals surface area contributed by atoms with E-state index in [0.717, 1.165) is 12.5 Å². The van der Waals surface area contributed by atoms with Crippen LogP contribution >= 0.6 is 0 Å². The summed E-state index contributed by atoms with van der Waals surface area (Å²) in [5, 5.41) is 3.70. The van der Waals surface area contributed by atoms with Gasteiger partial charge in [-0.3, -0.25) is 0 Å². The van der Waals surface area contributed by atoms with Gasteiger partial charge in [0, 0.05) is 29.9 Å². The van der Waals surface area contributed by atoms with Crippen LogP contribution in [0.25, 0.3) is 0 Å². The molecular weight excluding hydrogens is 198 g/mol. The van der Waals surface area contributed by atoms with E-state index in [9.17, 15) is 0 Å². The van der Waals surface area contributed by atoms with Crippen LogP contribution in [-0.2, 0) is 6.42 Å². The number of aromatic nitrogens is 2. The molecule has 0 aromatic carbocycles. The third kappa shape index (κ3) is 1.77. The van der Waals surface area contributed by atoms with E-state index in [-0.39, 0.29) is 0 Å². The second-order valence-electron chi connectivity index (χ2n) is 5.36. The zero-order valence-electron chi connectivity index (χ0n) is 10.1. The normalized spacial score (nSPS) is 29.8. The molecule has 0 amide bonds. The van der Waals surface area contributed by atoms with Crippen LogP contribution < -0.4 is 5.32 Å². The molecule has 0 spiro atoms. The summed E-state index contributed by atoms with van der Waals surface area (Å²) in [4.78, 5) is 4.33. The number of nitrogens with one attached hydrogen (secondary N) is 1. The highest BCUT2D eigenvalue weighted by Crippen LogP contribution is 2.37. The van der Waals surface area contributed by atoms with Gasteiger partial charge in [0.05, 0.1) is 6.33 Å². The summed E-state index contributed by atoms with van der Waals surface area (Å²) in [6.45, 7) is 3.49. The molecule has 0 radical (unpaired) electrons. The van der Waals surface area contributed by atoms with E-state index in [1.807, 2.05) is 6.33 Å². The second kappa shape index (κ2) is 3.88. The van der Waals surface area contributed by atoms with Crippen molar-refractivity contribution < 1.29 is 0 Å². The van der Waals surface area contributed by atoms with Crippen molar-refractivity contribution in [2.45, 2.75) is 57.0 Å². The molecule has 0 bridgehead atoms. The van der Waals surface area contributed by atoms with Gasteiger partial charge < -0.3 is 9.88 Å². The number of hydrogen-bond acceptors (Lipinski definition) is 2. The topological polar surface area (TPSA) is 29.9 Å². The Hall–Kier alpha value is -0.830. The predicted octanol–water partition coefficient (Wildman–Crippen LogP) is 2.29. The van der Waals surface area contributed by atoms with E-state index in [1.165, 1.54) is 44.3 Å². The van der Waals surface area contributed by atoms with Crippen molar-refractivity contribution in [2.24, 2.45) is 0 Å². The van der Waals surface area contributed by atoms with E-state index < -0.39 is 0 Å². The van der Waals surface area contributed by atoms with E-state index in [4.69, 9.17) is 0 Å². The molecule has 16 heavy (non-hydrogen) atoms. The number of hydrogen-bond donors (Lipinski definition) is 1. The minimum absolute atomic E-state index is 0.354. The Balaban J connectivity index is 1.79. The Morgan fingerprint density at radius 3 is 3.06 bits per heavy atom. The van der Waals surface area contributed by atoms with Crippen molar-refractivity contribution in [1.82, 2.24) is 14.9 Å². The lowest BCUT2D eigenvalue weighted by atomic mass is 9.89. The molecular formula is C13H21N3. The number of nitrogens with zero attached hydrogens (tertiary/aromatic N) is 2. The van der Waals surface area contributed by atoms with Gasteiger partial charge in [-0.15, -0.1) is 0 Å². The van der Waals surface area contributed by atoms with Crippen molar-refractivity contribution in [2.75, 3.05) is 6.54 Å². The molecule has 1 aliphatic carbocycles. The summed E-state index contributed by atoms with van der Waals surface area (Å²) in [5.74, 6) is 0. The molecule has 1 atom stereocenters. The van der Waals surface area contributed by atoms with Crippen molar-refractivity contribution >= 4 is 0 Å². The third-order valence-electron chi connectivity index (χ3n) is 4.21. The molecule has 1 N–H and O–H groups in total. The molecule has 1 aliphatic heterocycles. The average molecular weight is 219 g/mol. The molecule has 1 aromatic heterocycles. The highest BCUT2D eigenvalue weighted by atomic mass is 15.1. The summed E-state index contributed by atoms with van der Waals surface area (Å²) in [6.07, 6.45) is 11.8. The zero-order chi connectivity index (χ0) is 11.0. The van der Waals surface area contributed by atoms with Crippen LogP contribution in [0, 0.1) is 0 Å². The highest BCUT2D eigenvalue weighted by Gasteiger charge is 2.34. The lowest BCUT2D eigenvalue weighted by Crippen LogP contribution is -2.41. The van der Waals surface area contributed by atoms with Crippen LogP contribution in [0.2, 0.25) is 0 Å². The van der Waals surface area contributed by atoms with Gasteiger partial charge in [-0.2, -0.15) is 0 Å². The number of imidazole rings is 1. The molecule has 3 nitrogen and oxygen atoms in total. The van der Waals surface area contributed by atoms with Gasteiger partial charge in [0.15, 0.2) is 0 Å². The first kappa shape index (κ1) is 10.3. The molecule has 3 rings (SSSR count). The van der Waals surface area contributed by atoms with Gasteiger partial charge in [0.2, 0.25) is 0 Å². The minimum atomic E-state index is 0.354. The van der Waals surface area contributed by atoms with Gasteiger partial charge in [0.1, 0.15) is 0 Å². The molecule has 2 fully saturated rings. The van der Waals surface area contributed by atoms with Gasteiger partial charge in [-0.05, 0) is 38.6 Å². The predicted molar refractivity (Wildman–Crippen MR) is 64.5 cm³/mol. The van der Waals surface area contributed by atoms with Crippen molar-refractivity contribution in [3.8, 4) is 0 Å². The Morgan fingerprint density at radius 2 is 2.44 bits per heavy atom. The molecule has 1 aromatic rings. The summed E-state index contributed by atoms with van der Waals surface area (Å²) in [5.41, 5.74) is 1.78. The molecule has 1 saturated heterocycles. The third-order valence-corrected chi connectivity index (χ3v) is 4.21. The fourth-order valence-corrected chi connectivity index (χ4v) is 2.94. The van der Waals surface area contributed by atoms with Crippen LogP contribution in [0.15, 0.2) is 12.5 Å². The highest BCUT2D eigenvalue weighted by molar-refractivity contribution is 5.10. The smallest absolute Gasteiger partial charge is 0.0950 e. The van der Waals surface area contributed by atoms with Crippen LogP contribution in [0.1, 0.15) is 50.8 Å². The Kier molecular flexibility index (Phi) is 2.51. The number of rotatable bonds is 4. The van der Waals surface area contributed by atoms with E-state index in [0.29, 0.717) is 5.54 Å². The van der Waals surface area contributed by atoms with Crippen molar-refractivity contribution in [1.29, 1.82) is 0 Å². The first-order valence-electron chi connectivity index (χ1n) is 6.59. The SMILES string of the molecule is CCC1(Cc2cncn2C2CC2)CCCN1. The molecule has 1 saturated carbocycles. The summed E-state index contributed by atoms with van der Waals surface area (Å²) in [6, 6.07) is 0.757. The minimum Gasteiger partial charge on any atom is -0.331 e. The molecule has 1 unspecified atom stereocenters. The van der Waals surface area contributed by atoms with Gasteiger partial charge in [-0.1, -0.05) is 6.92 Å². The summed E-state index contributed by atoms with van der Waals surface area (Å²) in [7, 11) is 0. The average Bonchev–Trinajstić information content (AvgIpc) is 2.88. The molecule has 2 aliphatic rings. The Bertz CT molecular complexity index is 359. The first-order chi connectivity index (χ1) is 7.83.